The molecular weight excluding hydrogens is 310 g/mol. The fraction of sp³-hybridized carbons (Fsp3) is 0.571. The molecule has 0 bridgehead atoms. The molecule has 0 aromatic heterocycles. The maximum absolute atomic E-state index is 5.73. The zero-order chi connectivity index (χ0) is 14.1. The van der Waals surface area contributed by atoms with E-state index in [1.165, 1.54) is 0 Å². The number of alkyl halides is 1. The molecule has 19 heavy (non-hydrogen) atoms. The average molecular weight is 332 g/mol. The molecule has 0 aliphatic heterocycles. The Hall–Kier alpha value is -0.780. The Morgan fingerprint density at radius 1 is 1.21 bits per heavy atom. The monoisotopic (exact) mass is 331 g/mol. The van der Waals surface area contributed by atoms with Crippen LogP contribution in [0.4, 0.5) is 0 Å². The second-order valence-electron chi connectivity index (χ2n) is 4.31. The van der Waals surface area contributed by atoms with E-state index in [4.69, 9.17) is 14.2 Å². The van der Waals surface area contributed by atoms with Gasteiger partial charge >= 0.3 is 0 Å². The van der Waals surface area contributed by atoms with Crippen LogP contribution in [-0.2, 0) is 4.74 Å². The predicted octanol–water partition coefficient (Wildman–Crippen LogP) is 2.42. The molecule has 1 aromatic carbocycles. The largest absolute Gasteiger partial charge is 0.493 e. The van der Waals surface area contributed by atoms with Crippen molar-refractivity contribution in [3.63, 3.8) is 0 Å². The van der Waals surface area contributed by atoms with E-state index in [0.717, 1.165) is 24.6 Å². The second-order valence-corrected chi connectivity index (χ2v) is 5.61. The van der Waals surface area contributed by atoms with E-state index in [2.05, 4.69) is 27.9 Å². The van der Waals surface area contributed by atoms with Crippen LogP contribution in [0.25, 0.3) is 0 Å². The summed E-state index contributed by atoms with van der Waals surface area (Å²) in [6.45, 7) is 3.11. The summed E-state index contributed by atoms with van der Waals surface area (Å²) in [6.07, 6.45) is 0. The van der Waals surface area contributed by atoms with Crippen molar-refractivity contribution in [2.75, 3.05) is 47.6 Å². The summed E-state index contributed by atoms with van der Waals surface area (Å²) in [5, 5.41) is 0. The van der Waals surface area contributed by atoms with Crippen LogP contribution >= 0.6 is 15.9 Å². The lowest BCUT2D eigenvalue weighted by atomic mass is 10.3. The molecule has 108 valence electrons. The molecule has 0 aliphatic carbocycles. The lowest BCUT2D eigenvalue weighted by Crippen LogP contribution is -2.31. The molecule has 1 atom stereocenters. The molecule has 0 heterocycles. The highest BCUT2D eigenvalue weighted by molar-refractivity contribution is 9.09. The van der Waals surface area contributed by atoms with Gasteiger partial charge in [-0.05, 0) is 19.2 Å². The summed E-state index contributed by atoms with van der Waals surface area (Å²) in [6, 6.07) is 7.68. The Kier molecular flexibility index (Phi) is 7.86. The van der Waals surface area contributed by atoms with Crippen LogP contribution in [-0.4, -0.2) is 57.3 Å². The molecule has 0 spiro atoms. The molecule has 0 N–H and O–H groups in total. The van der Waals surface area contributed by atoms with Gasteiger partial charge in [-0.3, -0.25) is 0 Å². The van der Waals surface area contributed by atoms with Gasteiger partial charge in [-0.15, -0.1) is 0 Å². The predicted molar refractivity (Wildman–Crippen MR) is 80.6 cm³/mol. The number of rotatable bonds is 9. The van der Waals surface area contributed by atoms with Gasteiger partial charge < -0.3 is 19.1 Å². The first-order chi connectivity index (χ1) is 9.17. The lowest BCUT2D eigenvalue weighted by Gasteiger charge is -2.20. The Balaban J connectivity index is 2.29. The van der Waals surface area contributed by atoms with Crippen molar-refractivity contribution >= 4 is 15.9 Å². The highest BCUT2D eigenvalue weighted by Gasteiger charge is 2.08. The number of hydrogen-bond donors (Lipinski definition) is 0. The molecule has 4 nitrogen and oxygen atoms in total. The van der Waals surface area contributed by atoms with E-state index in [1.807, 2.05) is 24.3 Å². The van der Waals surface area contributed by atoms with E-state index >= 15 is 0 Å². The molecule has 1 rings (SSSR count). The van der Waals surface area contributed by atoms with Crippen LogP contribution in [0, 0.1) is 0 Å². The normalized spacial score (nSPS) is 12.5. The number of nitrogens with zero attached hydrogens (tertiary/aromatic N) is 1. The van der Waals surface area contributed by atoms with Crippen molar-refractivity contribution in [2.24, 2.45) is 0 Å². The van der Waals surface area contributed by atoms with E-state index < -0.39 is 0 Å². The van der Waals surface area contributed by atoms with Gasteiger partial charge in [0.2, 0.25) is 0 Å². The van der Waals surface area contributed by atoms with Gasteiger partial charge in [-0.2, -0.15) is 0 Å². The number of likely N-dealkylation sites (N-methyl/N-ethyl adjacent to an activating group) is 1. The zero-order valence-electron chi connectivity index (χ0n) is 11.8. The van der Waals surface area contributed by atoms with Gasteiger partial charge in [-0.1, -0.05) is 28.1 Å². The highest BCUT2D eigenvalue weighted by atomic mass is 79.9. The summed E-state index contributed by atoms with van der Waals surface area (Å²) < 4.78 is 16.1. The molecule has 0 saturated carbocycles. The van der Waals surface area contributed by atoms with E-state index in [0.29, 0.717) is 18.0 Å². The fourth-order valence-corrected chi connectivity index (χ4v) is 2.47. The first-order valence-electron chi connectivity index (χ1n) is 6.24. The minimum Gasteiger partial charge on any atom is -0.493 e. The molecule has 0 saturated heterocycles. The van der Waals surface area contributed by atoms with Gasteiger partial charge in [0.05, 0.1) is 18.5 Å². The average Bonchev–Trinajstić information content (AvgIpc) is 2.39. The van der Waals surface area contributed by atoms with Crippen LogP contribution in [0.2, 0.25) is 0 Å². The zero-order valence-corrected chi connectivity index (χ0v) is 13.4. The Labute approximate surface area is 123 Å². The van der Waals surface area contributed by atoms with Crippen LogP contribution in [0.3, 0.4) is 0 Å². The quantitative estimate of drug-likeness (QED) is 0.650. The lowest BCUT2D eigenvalue weighted by molar-refractivity contribution is 0.177. The van der Waals surface area contributed by atoms with E-state index in [9.17, 15) is 0 Å². The van der Waals surface area contributed by atoms with Crippen molar-refractivity contribution in [3.8, 4) is 11.5 Å². The number of hydrogen-bond acceptors (Lipinski definition) is 4. The minimum absolute atomic E-state index is 0.341. The van der Waals surface area contributed by atoms with Gasteiger partial charge in [0, 0.05) is 20.2 Å². The first kappa shape index (κ1) is 16.3. The van der Waals surface area contributed by atoms with E-state index in [-0.39, 0.29) is 0 Å². The van der Waals surface area contributed by atoms with Gasteiger partial charge in [0.1, 0.15) is 6.61 Å². The Bertz CT molecular complexity index is 362. The minimum atomic E-state index is 0.341. The van der Waals surface area contributed by atoms with Crippen LogP contribution in [0.15, 0.2) is 24.3 Å². The van der Waals surface area contributed by atoms with Crippen LogP contribution in [0.1, 0.15) is 0 Å². The number of para-hydroxylation sites is 2. The van der Waals surface area contributed by atoms with Crippen LogP contribution in [0.5, 0.6) is 11.5 Å². The molecule has 0 radical (unpaired) electrons. The SMILES string of the molecule is COCC(Br)CN(C)CCOc1ccccc1OC. The summed E-state index contributed by atoms with van der Waals surface area (Å²) in [7, 11) is 5.42. The van der Waals surface area contributed by atoms with Gasteiger partial charge in [0.25, 0.3) is 0 Å². The number of benzene rings is 1. The molecular formula is C14H22BrNO3. The van der Waals surface area contributed by atoms with Crippen molar-refractivity contribution in [3.05, 3.63) is 24.3 Å². The highest BCUT2D eigenvalue weighted by Crippen LogP contribution is 2.25. The van der Waals surface area contributed by atoms with Crippen molar-refractivity contribution in [1.82, 2.24) is 4.90 Å². The first-order valence-corrected chi connectivity index (χ1v) is 7.16. The number of ether oxygens (including phenoxy) is 3. The Morgan fingerprint density at radius 2 is 1.89 bits per heavy atom. The van der Waals surface area contributed by atoms with Gasteiger partial charge in [0.15, 0.2) is 11.5 Å². The third-order valence-corrected chi connectivity index (χ3v) is 3.21. The standard InChI is InChI=1S/C14H22BrNO3/c1-16(10-12(15)11-17-2)8-9-19-14-7-5-4-6-13(14)18-3/h4-7,12H,8-11H2,1-3H3. The summed E-state index contributed by atoms with van der Waals surface area (Å²) in [5.41, 5.74) is 0. The number of halogens is 1. The smallest absolute Gasteiger partial charge is 0.161 e. The topological polar surface area (TPSA) is 30.9 Å². The fourth-order valence-electron chi connectivity index (χ4n) is 1.71. The van der Waals surface area contributed by atoms with Crippen molar-refractivity contribution in [1.29, 1.82) is 0 Å². The maximum atomic E-state index is 5.73. The van der Waals surface area contributed by atoms with Crippen molar-refractivity contribution in [2.45, 2.75) is 4.83 Å². The second kappa shape index (κ2) is 9.18. The molecule has 1 unspecified atom stereocenters. The molecule has 5 heteroatoms. The van der Waals surface area contributed by atoms with E-state index in [1.54, 1.807) is 14.2 Å². The third kappa shape index (κ3) is 6.27. The molecule has 1 aromatic rings. The van der Waals surface area contributed by atoms with Gasteiger partial charge in [-0.25, -0.2) is 0 Å². The van der Waals surface area contributed by atoms with Crippen LogP contribution < -0.4 is 9.47 Å². The summed E-state index contributed by atoms with van der Waals surface area (Å²) in [5.74, 6) is 1.55. The third-order valence-electron chi connectivity index (χ3n) is 2.66. The molecule has 0 amide bonds. The van der Waals surface area contributed by atoms with Crippen molar-refractivity contribution < 1.29 is 14.2 Å². The number of methoxy groups -OCH3 is 2. The summed E-state index contributed by atoms with van der Waals surface area (Å²) >= 11 is 3.57. The maximum Gasteiger partial charge on any atom is 0.161 e. The Morgan fingerprint density at radius 3 is 2.53 bits per heavy atom. The summed E-state index contributed by atoms with van der Waals surface area (Å²) in [4.78, 5) is 2.54. The molecule has 0 fully saturated rings. The molecule has 0 aliphatic rings.